The van der Waals surface area contributed by atoms with Gasteiger partial charge in [-0.05, 0) is 87.9 Å². The lowest BCUT2D eigenvalue weighted by Crippen LogP contribution is -2.13. The standard InChI is InChI=1S/C42H24O2/c43-39-23-24-40(44)42(38-14-6-12-30-34-18-16-26-8-2-4-10-28(26)32(34)20-22-36(30)38)41(39)37-13-5-11-29-33-17-15-25-7-1-3-9-27(25)31(33)19-21-35(29)37/h1-24H. The highest BCUT2D eigenvalue weighted by atomic mass is 16.1. The van der Waals surface area contributed by atoms with Gasteiger partial charge in [-0.3, -0.25) is 9.59 Å². The summed E-state index contributed by atoms with van der Waals surface area (Å²) in [6.07, 6.45) is 2.84. The molecular weight excluding hydrogens is 536 g/mol. The summed E-state index contributed by atoms with van der Waals surface area (Å²) in [5, 5.41) is 13.4. The van der Waals surface area contributed by atoms with Crippen molar-refractivity contribution >= 4 is 87.3 Å². The maximum Gasteiger partial charge on any atom is 0.187 e. The summed E-state index contributed by atoms with van der Waals surface area (Å²) in [4.78, 5) is 27.6. The molecule has 0 bridgehead atoms. The fraction of sp³-hybridized carbons (Fsp3) is 0. The van der Waals surface area contributed by atoms with Crippen molar-refractivity contribution in [3.8, 4) is 0 Å². The molecule has 2 nitrogen and oxygen atoms in total. The summed E-state index contributed by atoms with van der Waals surface area (Å²) in [6, 6.07) is 46.0. The van der Waals surface area contributed by atoms with Gasteiger partial charge in [0.2, 0.25) is 0 Å². The maximum atomic E-state index is 13.8. The Labute approximate surface area is 253 Å². The first-order chi connectivity index (χ1) is 21.7. The number of fused-ring (bicyclic) bond motifs is 10. The van der Waals surface area contributed by atoms with Crippen LogP contribution in [-0.2, 0) is 9.59 Å². The molecule has 0 aromatic heterocycles. The summed E-state index contributed by atoms with van der Waals surface area (Å²) in [6.45, 7) is 0. The highest BCUT2D eigenvalue weighted by Gasteiger charge is 2.28. The third-order valence-corrected chi connectivity index (χ3v) is 9.23. The molecule has 204 valence electrons. The molecule has 0 saturated heterocycles. The van der Waals surface area contributed by atoms with Gasteiger partial charge in [0.05, 0.1) is 0 Å². The van der Waals surface area contributed by atoms with E-state index in [-0.39, 0.29) is 11.6 Å². The number of hydrogen-bond acceptors (Lipinski definition) is 2. The number of benzene rings is 8. The number of allylic oxidation sites excluding steroid dienone is 4. The van der Waals surface area contributed by atoms with Crippen LogP contribution in [0.4, 0.5) is 0 Å². The van der Waals surface area contributed by atoms with Crippen LogP contribution < -0.4 is 0 Å². The first-order valence-corrected chi connectivity index (χ1v) is 14.9. The van der Waals surface area contributed by atoms with Crippen molar-refractivity contribution < 1.29 is 9.59 Å². The van der Waals surface area contributed by atoms with Gasteiger partial charge in [0, 0.05) is 11.1 Å². The van der Waals surface area contributed by atoms with E-state index in [0.29, 0.717) is 11.1 Å². The van der Waals surface area contributed by atoms with E-state index in [4.69, 9.17) is 0 Å². The quantitative estimate of drug-likeness (QED) is 0.156. The first-order valence-electron chi connectivity index (χ1n) is 14.9. The van der Waals surface area contributed by atoms with Crippen LogP contribution in [0.3, 0.4) is 0 Å². The molecule has 8 aromatic carbocycles. The number of rotatable bonds is 2. The molecule has 0 radical (unpaired) electrons. The van der Waals surface area contributed by atoms with E-state index in [2.05, 4.69) is 109 Å². The normalized spacial score (nSPS) is 13.8. The van der Waals surface area contributed by atoms with E-state index in [9.17, 15) is 9.59 Å². The summed E-state index contributed by atoms with van der Waals surface area (Å²) >= 11 is 0. The van der Waals surface area contributed by atoms with Gasteiger partial charge in [0.1, 0.15) is 0 Å². The topological polar surface area (TPSA) is 34.1 Å². The molecule has 44 heavy (non-hydrogen) atoms. The minimum absolute atomic E-state index is 0.158. The number of carbonyl (C=O) groups excluding carboxylic acids is 2. The molecule has 1 aliphatic rings. The average molecular weight is 561 g/mol. The fourth-order valence-electron chi connectivity index (χ4n) is 7.25. The van der Waals surface area contributed by atoms with Crippen LogP contribution in [0.15, 0.2) is 146 Å². The van der Waals surface area contributed by atoms with Crippen molar-refractivity contribution in [3.05, 3.63) is 157 Å². The molecule has 0 amide bonds. The first kappa shape index (κ1) is 24.7. The summed E-state index contributed by atoms with van der Waals surface area (Å²) in [7, 11) is 0. The third kappa shape index (κ3) is 3.49. The van der Waals surface area contributed by atoms with Gasteiger partial charge < -0.3 is 0 Å². The van der Waals surface area contributed by atoms with Gasteiger partial charge >= 0.3 is 0 Å². The molecule has 9 rings (SSSR count). The molecule has 0 atom stereocenters. The van der Waals surface area contributed by atoms with Gasteiger partial charge in [0.15, 0.2) is 11.6 Å². The van der Waals surface area contributed by atoms with Gasteiger partial charge in [-0.2, -0.15) is 0 Å². The Kier molecular flexibility index (Phi) is 5.24. The molecule has 1 aliphatic carbocycles. The van der Waals surface area contributed by atoms with Gasteiger partial charge in [-0.1, -0.05) is 133 Å². The van der Waals surface area contributed by atoms with E-state index in [1.807, 2.05) is 24.3 Å². The maximum absolute atomic E-state index is 13.8. The molecule has 0 spiro atoms. The molecule has 2 heteroatoms. The second-order valence-corrected chi connectivity index (χ2v) is 11.5. The van der Waals surface area contributed by atoms with E-state index in [1.54, 1.807) is 0 Å². The van der Waals surface area contributed by atoms with Crippen LogP contribution in [0, 0.1) is 0 Å². The van der Waals surface area contributed by atoms with Crippen LogP contribution in [0.1, 0.15) is 11.1 Å². The SMILES string of the molecule is O=C1C=CC(=O)C(c2cccc3c2ccc2c4ccccc4ccc32)=C1c1cccc2c1ccc1c3ccccc3ccc21. The number of carbonyl (C=O) groups is 2. The van der Waals surface area contributed by atoms with Crippen molar-refractivity contribution in [1.82, 2.24) is 0 Å². The zero-order valence-electron chi connectivity index (χ0n) is 23.7. The zero-order valence-corrected chi connectivity index (χ0v) is 23.7. The molecule has 0 heterocycles. The Bertz CT molecular complexity index is 2450. The monoisotopic (exact) mass is 560 g/mol. The van der Waals surface area contributed by atoms with Crippen molar-refractivity contribution in [1.29, 1.82) is 0 Å². The Morgan fingerprint density at radius 3 is 1.09 bits per heavy atom. The van der Waals surface area contributed by atoms with Gasteiger partial charge in [0.25, 0.3) is 0 Å². The third-order valence-electron chi connectivity index (χ3n) is 9.23. The molecule has 8 aromatic rings. The molecule has 0 fully saturated rings. The number of hydrogen-bond donors (Lipinski definition) is 0. The molecule has 0 saturated carbocycles. The Morgan fingerprint density at radius 2 is 0.614 bits per heavy atom. The fourth-order valence-corrected chi connectivity index (χ4v) is 7.25. The lowest BCUT2D eigenvalue weighted by molar-refractivity contribution is -0.112. The highest BCUT2D eigenvalue weighted by Crippen LogP contribution is 2.41. The Balaban J connectivity index is 1.34. The Hall–Kier alpha value is -5.86. The molecular formula is C42H24O2. The lowest BCUT2D eigenvalue weighted by atomic mass is 9.81. The minimum Gasteiger partial charge on any atom is -0.289 e. The van der Waals surface area contributed by atoms with Crippen LogP contribution >= 0.6 is 0 Å². The lowest BCUT2D eigenvalue weighted by Gasteiger charge is -2.19. The van der Waals surface area contributed by atoms with Crippen molar-refractivity contribution in [2.45, 2.75) is 0 Å². The average Bonchev–Trinajstić information content (AvgIpc) is 3.08. The van der Waals surface area contributed by atoms with Gasteiger partial charge in [-0.15, -0.1) is 0 Å². The zero-order chi connectivity index (χ0) is 29.4. The predicted octanol–water partition coefficient (Wildman–Crippen LogP) is 10.2. The number of ketones is 2. The van der Waals surface area contributed by atoms with E-state index in [0.717, 1.165) is 43.4 Å². The Morgan fingerprint density at radius 1 is 0.273 bits per heavy atom. The van der Waals surface area contributed by atoms with Crippen molar-refractivity contribution in [2.75, 3.05) is 0 Å². The van der Waals surface area contributed by atoms with E-state index >= 15 is 0 Å². The highest BCUT2D eigenvalue weighted by molar-refractivity contribution is 6.50. The second-order valence-electron chi connectivity index (χ2n) is 11.5. The second kappa shape index (κ2) is 9.32. The largest absolute Gasteiger partial charge is 0.289 e. The van der Waals surface area contributed by atoms with E-state index in [1.165, 1.54) is 44.5 Å². The predicted molar refractivity (Wildman–Crippen MR) is 184 cm³/mol. The summed E-state index contributed by atoms with van der Waals surface area (Å²) < 4.78 is 0. The molecule has 0 unspecified atom stereocenters. The van der Waals surface area contributed by atoms with Crippen LogP contribution in [-0.4, -0.2) is 11.6 Å². The van der Waals surface area contributed by atoms with Crippen LogP contribution in [0.25, 0.3) is 75.8 Å². The van der Waals surface area contributed by atoms with E-state index < -0.39 is 0 Å². The van der Waals surface area contributed by atoms with Crippen molar-refractivity contribution in [3.63, 3.8) is 0 Å². The summed E-state index contributed by atoms with van der Waals surface area (Å²) in [5.74, 6) is -0.316. The van der Waals surface area contributed by atoms with Crippen molar-refractivity contribution in [2.24, 2.45) is 0 Å². The summed E-state index contributed by atoms with van der Waals surface area (Å²) in [5.41, 5.74) is 2.46. The van der Waals surface area contributed by atoms with Gasteiger partial charge in [-0.25, -0.2) is 0 Å². The molecule has 0 N–H and O–H groups in total. The van der Waals surface area contributed by atoms with Crippen LogP contribution in [0.2, 0.25) is 0 Å². The minimum atomic E-state index is -0.158. The van der Waals surface area contributed by atoms with Crippen LogP contribution in [0.5, 0.6) is 0 Å². The molecule has 0 aliphatic heterocycles. The smallest absolute Gasteiger partial charge is 0.187 e.